The Bertz CT molecular complexity index is 814. The minimum atomic E-state index is -0.291. The summed E-state index contributed by atoms with van der Waals surface area (Å²) in [5.41, 5.74) is 3.06. The van der Waals surface area contributed by atoms with Crippen molar-refractivity contribution >= 4 is 17.5 Å². The molecule has 1 aliphatic carbocycles. The fourth-order valence-electron chi connectivity index (χ4n) is 3.73. The Morgan fingerprint density at radius 1 is 0.962 bits per heavy atom. The van der Waals surface area contributed by atoms with E-state index >= 15 is 0 Å². The summed E-state index contributed by atoms with van der Waals surface area (Å²) in [6.07, 6.45) is 0.860. The molecule has 2 aromatic carbocycles. The van der Waals surface area contributed by atoms with Crippen LogP contribution in [0.25, 0.3) is 0 Å². The van der Waals surface area contributed by atoms with Crippen LogP contribution in [0, 0.1) is 12.3 Å². The molecule has 2 N–H and O–H groups in total. The molecule has 3 rings (SSSR count). The van der Waals surface area contributed by atoms with Gasteiger partial charge in [0.1, 0.15) is 6.42 Å². The summed E-state index contributed by atoms with van der Waals surface area (Å²) in [6.45, 7) is 6.92. The van der Waals surface area contributed by atoms with E-state index in [1.54, 1.807) is 0 Å². The van der Waals surface area contributed by atoms with Crippen LogP contribution in [0.15, 0.2) is 54.6 Å². The van der Waals surface area contributed by atoms with Gasteiger partial charge in [-0.15, -0.1) is 0 Å². The number of aryl methyl sites for hydroxylation is 1. The third-order valence-electron chi connectivity index (χ3n) is 5.57. The lowest BCUT2D eigenvalue weighted by atomic mass is 9.88. The van der Waals surface area contributed by atoms with Crippen LogP contribution in [0.4, 0.5) is 5.69 Å². The quantitative estimate of drug-likeness (QED) is 0.779. The van der Waals surface area contributed by atoms with E-state index in [9.17, 15) is 9.59 Å². The van der Waals surface area contributed by atoms with Crippen molar-refractivity contribution in [3.63, 3.8) is 0 Å². The highest BCUT2D eigenvalue weighted by Gasteiger charge is 2.61. The molecule has 0 aliphatic heterocycles. The van der Waals surface area contributed by atoms with Gasteiger partial charge in [0.2, 0.25) is 11.8 Å². The van der Waals surface area contributed by atoms with E-state index in [0.717, 1.165) is 17.7 Å². The van der Waals surface area contributed by atoms with Crippen LogP contribution in [0.5, 0.6) is 0 Å². The molecule has 0 aromatic heterocycles. The zero-order valence-corrected chi connectivity index (χ0v) is 15.6. The van der Waals surface area contributed by atoms with Crippen LogP contribution in [0.2, 0.25) is 0 Å². The minimum absolute atomic E-state index is 0.0452. The number of rotatable bonds is 6. The summed E-state index contributed by atoms with van der Waals surface area (Å²) in [5, 5.41) is 5.77. The Kier molecular flexibility index (Phi) is 4.86. The topological polar surface area (TPSA) is 58.2 Å². The molecule has 1 aliphatic rings. The number of carbonyl (C=O) groups excluding carboxylic acids is 2. The van der Waals surface area contributed by atoms with Crippen LogP contribution in [-0.4, -0.2) is 18.4 Å². The standard InChI is InChI=1S/C22H26N2O2/c1-16-9-7-8-12-18(16)24-20(26)13-19(25)23-15-22(14-21(22,2)3)17-10-5-4-6-11-17/h4-12H,13-15H2,1-3H3,(H,23,25)(H,24,26)/t22-/m1/s1. The van der Waals surface area contributed by atoms with E-state index in [1.807, 2.05) is 49.4 Å². The van der Waals surface area contributed by atoms with Crippen molar-refractivity contribution in [3.05, 3.63) is 65.7 Å². The lowest BCUT2D eigenvalue weighted by molar-refractivity contribution is -0.126. The molecule has 26 heavy (non-hydrogen) atoms. The molecule has 0 bridgehead atoms. The molecule has 1 fully saturated rings. The summed E-state index contributed by atoms with van der Waals surface area (Å²) >= 11 is 0. The second kappa shape index (κ2) is 6.94. The first-order valence-corrected chi connectivity index (χ1v) is 9.02. The maximum atomic E-state index is 12.3. The van der Waals surface area contributed by atoms with Crippen LogP contribution < -0.4 is 10.6 Å². The number of nitrogens with one attached hydrogen (secondary N) is 2. The summed E-state index contributed by atoms with van der Waals surface area (Å²) in [5.74, 6) is -0.533. The molecule has 0 heterocycles. The number of carbonyl (C=O) groups is 2. The summed E-state index contributed by atoms with van der Waals surface area (Å²) in [4.78, 5) is 24.4. The largest absolute Gasteiger partial charge is 0.355 e. The molecule has 136 valence electrons. The van der Waals surface area contributed by atoms with E-state index in [-0.39, 0.29) is 29.1 Å². The zero-order valence-electron chi connectivity index (χ0n) is 15.6. The van der Waals surface area contributed by atoms with Gasteiger partial charge in [0.05, 0.1) is 0 Å². The number of anilines is 1. The van der Waals surface area contributed by atoms with Gasteiger partial charge in [-0.2, -0.15) is 0 Å². The monoisotopic (exact) mass is 350 g/mol. The molecule has 0 saturated heterocycles. The second-order valence-electron chi connectivity index (χ2n) is 7.83. The highest BCUT2D eigenvalue weighted by Crippen LogP contribution is 2.63. The molecule has 4 heteroatoms. The molecule has 2 amide bonds. The first kappa shape index (κ1) is 18.2. The van der Waals surface area contributed by atoms with Crippen LogP contribution in [0.1, 0.15) is 37.8 Å². The van der Waals surface area contributed by atoms with Gasteiger partial charge in [0, 0.05) is 17.6 Å². The second-order valence-corrected chi connectivity index (χ2v) is 7.83. The highest BCUT2D eigenvalue weighted by molar-refractivity contribution is 6.03. The minimum Gasteiger partial charge on any atom is -0.355 e. The molecule has 0 spiro atoms. The average Bonchev–Trinajstić information content (AvgIpc) is 3.18. The smallest absolute Gasteiger partial charge is 0.233 e. The van der Waals surface area contributed by atoms with E-state index in [0.29, 0.717) is 6.54 Å². The molecule has 2 aromatic rings. The van der Waals surface area contributed by atoms with E-state index < -0.39 is 0 Å². The predicted octanol–water partition coefficient (Wildman–Crippen LogP) is 3.81. The maximum absolute atomic E-state index is 12.3. The van der Waals surface area contributed by atoms with Crippen molar-refractivity contribution < 1.29 is 9.59 Å². The van der Waals surface area contributed by atoms with Crippen molar-refractivity contribution in [3.8, 4) is 0 Å². The SMILES string of the molecule is Cc1ccccc1NC(=O)CC(=O)NC[C@@]1(c2ccccc2)CC1(C)C. The zero-order chi connectivity index (χ0) is 18.8. The lowest BCUT2D eigenvalue weighted by Crippen LogP contribution is -2.36. The Balaban J connectivity index is 1.57. The Morgan fingerprint density at radius 3 is 2.19 bits per heavy atom. The maximum Gasteiger partial charge on any atom is 0.233 e. The summed E-state index contributed by atoms with van der Waals surface area (Å²) in [7, 11) is 0. The number of hydrogen-bond acceptors (Lipinski definition) is 2. The van der Waals surface area contributed by atoms with Gasteiger partial charge in [0.25, 0.3) is 0 Å². The highest BCUT2D eigenvalue weighted by atomic mass is 16.2. The lowest BCUT2D eigenvalue weighted by Gasteiger charge is -2.22. The van der Waals surface area contributed by atoms with Crippen molar-refractivity contribution in [2.24, 2.45) is 5.41 Å². The van der Waals surface area contributed by atoms with Gasteiger partial charge in [0.15, 0.2) is 0 Å². The Morgan fingerprint density at radius 2 is 1.58 bits per heavy atom. The van der Waals surface area contributed by atoms with Crippen molar-refractivity contribution in [1.82, 2.24) is 5.32 Å². The van der Waals surface area contributed by atoms with E-state index in [2.05, 4.69) is 36.6 Å². The summed E-state index contributed by atoms with van der Waals surface area (Å²) < 4.78 is 0. The first-order chi connectivity index (χ1) is 12.3. The molecule has 1 atom stereocenters. The van der Waals surface area contributed by atoms with E-state index in [1.165, 1.54) is 5.56 Å². The first-order valence-electron chi connectivity index (χ1n) is 9.02. The number of amides is 2. The number of hydrogen-bond donors (Lipinski definition) is 2. The van der Waals surface area contributed by atoms with Gasteiger partial charge in [-0.1, -0.05) is 62.4 Å². The number of benzene rings is 2. The number of para-hydroxylation sites is 1. The Labute approximate surface area is 155 Å². The third-order valence-corrected chi connectivity index (χ3v) is 5.57. The van der Waals surface area contributed by atoms with Crippen LogP contribution >= 0.6 is 0 Å². The van der Waals surface area contributed by atoms with Gasteiger partial charge in [-0.25, -0.2) is 0 Å². The van der Waals surface area contributed by atoms with Crippen LogP contribution in [-0.2, 0) is 15.0 Å². The van der Waals surface area contributed by atoms with E-state index in [4.69, 9.17) is 0 Å². The summed E-state index contributed by atoms with van der Waals surface area (Å²) in [6, 6.07) is 17.8. The van der Waals surface area contributed by atoms with Crippen molar-refractivity contribution in [1.29, 1.82) is 0 Å². The van der Waals surface area contributed by atoms with Gasteiger partial charge >= 0.3 is 0 Å². The van der Waals surface area contributed by atoms with Gasteiger partial charge < -0.3 is 10.6 Å². The fourth-order valence-corrected chi connectivity index (χ4v) is 3.73. The van der Waals surface area contributed by atoms with Gasteiger partial charge in [-0.05, 0) is 36.0 Å². The van der Waals surface area contributed by atoms with Crippen LogP contribution in [0.3, 0.4) is 0 Å². The Hall–Kier alpha value is -2.62. The third kappa shape index (κ3) is 3.64. The molecular weight excluding hydrogens is 324 g/mol. The predicted molar refractivity (Wildman–Crippen MR) is 104 cm³/mol. The van der Waals surface area contributed by atoms with Crippen molar-refractivity contribution in [2.45, 2.75) is 39.0 Å². The fraction of sp³-hybridized carbons (Fsp3) is 0.364. The molecule has 4 nitrogen and oxygen atoms in total. The molecular formula is C22H26N2O2. The molecule has 0 radical (unpaired) electrons. The average molecular weight is 350 g/mol. The van der Waals surface area contributed by atoms with Gasteiger partial charge in [-0.3, -0.25) is 9.59 Å². The molecule has 1 saturated carbocycles. The van der Waals surface area contributed by atoms with Crippen molar-refractivity contribution in [2.75, 3.05) is 11.9 Å². The molecule has 0 unspecified atom stereocenters. The normalized spacial score (nSPS) is 20.3.